The number of hydrogen-bond donors (Lipinski definition) is 2. The molecule has 0 aliphatic heterocycles. The van der Waals surface area contributed by atoms with Gasteiger partial charge in [-0.05, 0) is 36.4 Å². The minimum atomic E-state index is -0.453. The van der Waals surface area contributed by atoms with Gasteiger partial charge in [0.2, 0.25) is 0 Å². The Morgan fingerprint density at radius 2 is 1.83 bits per heavy atom. The molecule has 0 saturated heterocycles. The molecule has 2 aromatic carbocycles. The first-order valence-electron chi connectivity index (χ1n) is 6.88. The van der Waals surface area contributed by atoms with E-state index in [1.165, 1.54) is 0 Å². The van der Waals surface area contributed by atoms with Crippen LogP contribution in [0.25, 0.3) is 10.8 Å². The number of pyridine rings is 1. The van der Waals surface area contributed by atoms with Crippen LogP contribution >= 0.6 is 0 Å². The molecule has 1 aromatic heterocycles. The molecule has 3 rings (SSSR count). The van der Waals surface area contributed by atoms with Gasteiger partial charge in [-0.15, -0.1) is 0 Å². The van der Waals surface area contributed by atoms with Crippen LogP contribution in [-0.4, -0.2) is 16.9 Å². The Morgan fingerprint density at radius 1 is 1.04 bits per heavy atom. The molecule has 3 aromatic rings. The lowest BCUT2D eigenvalue weighted by Gasteiger charge is -2.07. The monoisotopic (exact) mass is 306 g/mol. The van der Waals surface area contributed by atoms with Crippen molar-refractivity contribution in [3.8, 4) is 5.75 Å². The van der Waals surface area contributed by atoms with E-state index in [1.54, 1.807) is 48.8 Å². The number of guanidine groups is 1. The number of esters is 1. The maximum absolute atomic E-state index is 12.3. The average molecular weight is 306 g/mol. The highest BCUT2D eigenvalue weighted by atomic mass is 16.5. The zero-order valence-corrected chi connectivity index (χ0v) is 12.1. The van der Waals surface area contributed by atoms with Crippen LogP contribution in [0.3, 0.4) is 0 Å². The Hall–Kier alpha value is -3.41. The lowest BCUT2D eigenvalue weighted by atomic mass is 10.1. The molecule has 0 atom stereocenters. The van der Waals surface area contributed by atoms with Gasteiger partial charge in [-0.3, -0.25) is 4.98 Å². The lowest BCUT2D eigenvalue weighted by molar-refractivity contribution is 0.0737. The number of benzene rings is 2. The van der Waals surface area contributed by atoms with Crippen LogP contribution in [0.1, 0.15) is 10.4 Å². The van der Waals surface area contributed by atoms with Crippen LogP contribution in [-0.2, 0) is 0 Å². The number of nitrogens with zero attached hydrogens (tertiary/aromatic N) is 2. The molecule has 0 radical (unpaired) electrons. The number of carbonyl (C=O) groups excluding carboxylic acids is 1. The van der Waals surface area contributed by atoms with E-state index in [0.717, 1.165) is 10.8 Å². The quantitative estimate of drug-likeness (QED) is 0.334. The van der Waals surface area contributed by atoms with Crippen molar-refractivity contribution in [3.05, 3.63) is 66.5 Å². The second kappa shape index (κ2) is 6.15. The van der Waals surface area contributed by atoms with Gasteiger partial charge in [0.1, 0.15) is 5.75 Å². The number of fused-ring (bicyclic) bond motifs is 1. The van der Waals surface area contributed by atoms with Crippen molar-refractivity contribution in [2.24, 2.45) is 16.5 Å². The zero-order valence-electron chi connectivity index (χ0n) is 12.1. The second-order valence-electron chi connectivity index (χ2n) is 4.83. The number of ether oxygens (including phenoxy) is 1. The summed E-state index contributed by atoms with van der Waals surface area (Å²) in [7, 11) is 0. The standard InChI is InChI=1S/C17H14N4O2/c18-17(19)21-13-6-4-11(5-7-13)16(22)23-15-3-1-2-12-10-20-9-8-14(12)15/h1-10H,(H4,18,19,21). The van der Waals surface area contributed by atoms with Crippen LogP contribution in [0.5, 0.6) is 5.75 Å². The Labute approximate surface area is 132 Å². The molecule has 0 amide bonds. The topological polar surface area (TPSA) is 104 Å². The first-order chi connectivity index (χ1) is 11.1. The molecular formula is C17H14N4O2. The molecule has 0 aliphatic rings. The summed E-state index contributed by atoms with van der Waals surface area (Å²) in [6.45, 7) is 0. The van der Waals surface area contributed by atoms with Gasteiger partial charge >= 0.3 is 5.97 Å². The van der Waals surface area contributed by atoms with Gasteiger partial charge in [-0.2, -0.15) is 0 Å². The van der Waals surface area contributed by atoms with E-state index in [4.69, 9.17) is 16.2 Å². The Kier molecular flexibility index (Phi) is 3.88. The van der Waals surface area contributed by atoms with E-state index in [9.17, 15) is 4.79 Å². The summed E-state index contributed by atoms with van der Waals surface area (Å²) in [5, 5.41) is 1.73. The Morgan fingerprint density at radius 3 is 2.57 bits per heavy atom. The van der Waals surface area contributed by atoms with E-state index in [2.05, 4.69) is 9.98 Å². The van der Waals surface area contributed by atoms with Crippen molar-refractivity contribution in [2.75, 3.05) is 0 Å². The summed E-state index contributed by atoms with van der Waals surface area (Å²) in [5.74, 6) is -0.00143. The minimum absolute atomic E-state index is 0.0373. The fourth-order valence-electron chi connectivity index (χ4n) is 2.16. The molecule has 4 N–H and O–H groups in total. The normalized spacial score (nSPS) is 10.3. The van der Waals surface area contributed by atoms with Gasteiger partial charge in [0.05, 0.1) is 11.3 Å². The highest BCUT2D eigenvalue weighted by Gasteiger charge is 2.10. The van der Waals surface area contributed by atoms with Crippen LogP contribution in [0, 0.1) is 0 Å². The maximum Gasteiger partial charge on any atom is 0.343 e. The van der Waals surface area contributed by atoms with Gasteiger partial charge in [0.15, 0.2) is 5.96 Å². The molecule has 23 heavy (non-hydrogen) atoms. The fourth-order valence-corrected chi connectivity index (χ4v) is 2.16. The predicted molar refractivity (Wildman–Crippen MR) is 88.6 cm³/mol. The van der Waals surface area contributed by atoms with E-state index in [1.807, 2.05) is 12.1 Å². The van der Waals surface area contributed by atoms with Crippen molar-refractivity contribution in [1.29, 1.82) is 0 Å². The van der Waals surface area contributed by atoms with E-state index in [-0.39, 0.29) is 5.96 Å². The highest BCUT2D eigenvalue weighted by Crippen LogP contribution is 2.25. The molecule has 0 saturated carbocycles. The van der Waals surface area contributed by atoms with E-state index in [0.29, 0.717) is 17.0 Å². The molecule has 6 heteroatoms. The minimum Gasteiger partial charge on any atom is -0.422 e. The van der Waals surface area contributed by atoms with Gasteiger partial charge in [0.25, 0.3) is 0 Å². The van der Waals surface area contributed by atoms with Crippen LogP contribution < -0.4 is 16.2 Å². The van der Waals surface area contributed by atoms with E-state index >= 15 is 0 Å². The molecule has 0 aliphatic carbocycles. The Balaban J connectivity index is 1.85. The first-order valence-corrected chi connectivity index (χ1v) is 6.88. The molecule has 0 fully saturated rings. The largest absolute Gasteiger partial charge is 0.422 e. The molecule has 114 valence electrons. The highest BCUT2D eigenvalue weighted by molar-refractivity contribution is 5.95. The molecular weight excluding hydrogens is 292 g/mol. The average Bonchev–Trinajstić information content (AvgIpc) is 2.55. The van der Waals surface area contributed by atoms with Crippen molar-refractivity contribution in [1.82, 2.24) is 4.98 Å². The summed E-state index contributed by atoms with van der Waals surface area (Å²) in [5.41, 5.74) is 11.6. The molecule has 0 spiro atoms. The van der Waals surface area contributed by atoms with Gasteiger partial charge in [0, 0.05) is 23.2 Å². The predicted octanol–water partition coefficient (Wildman–Crippen LogP) is 2.36. The Bertz CT molecular complexity index is 879. The summed E-state index contributed by atoms with van der Waals surface area (Å²) in [4.78, 5) is 20.2. The summed E-state index contributed by atoms with van der Waals surface area (Å²) in [6, 6.07) is 13.8. The molecule has 6 nitrogen and oxygen atoms in total. The van der Waals surface area contributed by atoms with Crippen molar-refractivity contribution in [2.45, 2.75) is 0 Å². The fraction of sp³-hybridized carbons (Fsp3) is 0. The third-order valence-electron chi connectivity index (χ3n) is 3.20. The number of hydrogen-bond acceptors (Lipinski definition) is 4. The SMILES string of the molecule is NC(N)=Nc1ccc(C(=O)Oc2cccc3cnccc23)cc1. The van der Waals surface area contributed by atoms with Crippen LogP contribution in [0.15, 0.2) is 65.9 Å². The number of rotatable bonds is 3. The number of aliphatic imine (C=N–C) groups is 1. The number of carbonyl (C=O) groups is 1. The summed E-state index contributed by atoms with van der Waals surface area (Å²) >= 11 is 0. The molecule has 1 heterocycles. The van der Waals surface area contributed by atoms with Crippen molar-refractivity contribution >= 4 is 28.4 Å². The third-order valence-corrected chi connectivity index (χ3v) is 3.20. The van der Waals surface area contributed by atoms with Gasteiger partial charge < -0.3 is 16.2 Å². The maximum atomic E-state index is 12.3. The van der Waals surface area contributed by atoms with Crippen LogP contribution in [0.4, 0.5) is 5.69 Å². The lowest BCUT2D eigenvalue weighted by Crippen LogP contribution is -2.21. The van der Waals surface area contributed by atoms with E-state index < -0.39 is 5.97 Å². The molecule has 0 unspecified atom stereocenters. The number of nitrogens with two attached hydrogens (primary N) is 2. The summed E-state index contributed by atoms with van der Waals surface area (Å²) in [6.07, 6.45) is 3.38. The second-order valence-corrected chi connectivity index (χ2v) is 4.83. The first kappa shape index (κ1) is 14.5. The molecule has 0 bridgehead atoms. The summed E-state index contributed by atoms with van der Waals surface area (Å²) < 4.78 is 5.48. The van der Waals surface area contributed by atoms with Gasteiger partial charge in [-0.25, -0.2) is 9.79 Å². The van der Waals surface area contributed by atoms with Crippen LogP contribution in [0.2, 0.25) is 0 Å². The van der Waals surface area contributed by atoms with Crippen molar-refractivity contribution in [3.63, 3.8) is 0 Å². The number of aromatic nitrogens is 1. The van der Waals surface area contributed by atoms with Gasteiger partial charge in [-0.1, -0.05) is 12.1 Å². The zero-order chi connectivity index (χ0) is 16.2. The third kappa shape index (κ3) is 3.26. The van der Waals surface area contributed by atoms with Crippen molar-refractivity contribution < 1.29 is 9.53 Å². The smallest absolute Gasteiger partial charge is 0.343 e.